The summed E-state index contributed by atoms with van der Waals surface area (Å²) in [6, 6.07) is 28.1. The molecule has 0 aliphatic carbocycles. The number of carbonyl (C=O) groups is 1. The molecule has 0 bridgehead atoms. The van der Waals surface area contributed by atoms with E-state index in [1.165, 1.54) is 0 Å². The number of nitrogens with zero attached hydrogens (tertiary/aromatic N) is 1. The van der Waals surface area contributed by atoms with E-state index >= 15 is 0 Å². The van der Waals surface area contributed by atoms with Gasteiger partial charge in [-0.25, -0.2) is 0 Å². The number of likely N-dealkylation sites (N-methyl/N-ethyl adjacent to an activating group) is 1. The summed E-state index contributed by atoms with van der Waals surface area (Å²) in [5, 5.41) is 0. The zero-order valence-corrected chi connectivity index (χ0v) is 14.7. The SMILES string of the molecule is CCN(C(=O)C(c1ccccc1)c1ccccc1)c1cccc(C)c1. The highest BCUT2D eigenvalue weighted by Gasteiger charge is 2.27. The molecule has 126 valence electrons. The molecule has 0 heterocycles. The second-order valence-electron chi connectivity index (χ2n) is 6.18. The van der Waals surface area contributed by atoms with E-state index in [1.54, 1.807) is 0 Å². The van der Waals surface area contributed by atoms with E-state index in [1.807, 2.05) is 97.6 Å². The zero-order valence-electron chi connectivity index (χ0n) is 14.7. The van der Waals surface area contributed by atoms with E-state index in [2.05, 4.69) is 6.07 Å². The maximum atomic E-state index is 13.5. The molecule has 3 aromatic rings. The van der Waals surface area contributed by atoms with Crippen LogP contribution in [0.3, 0.4) is 0 Å². The topological polar surface area (TPSA) is 20.3 Å². The standard InChI is InChI=1S/C23H23NO/c1-3-24(21-16-10-11-18(2)17-21)23(25)22(19-12-6-4-7-13-19)20-14-8-5-9-15-20/h4-17,22H,3H2,1-2H3. The summed E-state index contributed by atoms with van der Waals surface area (Å²) in [5.74, 6) is -0.201. The molecule has 2 nitrogen and oxygen atoms in total. The monoisotopic (exact) mass is 329 g/mol. The van der Waals surface area contributed by atoms with Gasteiger partial charge in [0.05, 0.1) is 5.92 Å². The van der Waals surface area contributed by atoms with Gasteiger partial charge in [-0.15, -0.1) is 0 Å². The average molecular weight is 329 g/mol. The summed E-state index contributed by atoms with van der Waals surface area (Å²) >= 11 is 0. The smallest absolute Gasteiger partial charge is 0.238 e. The molecule has 3 aromatic carbocycles. The van der Waals surface area contributed by atoms with Crippen LogP contribution in [-0.4, -0.2) is 12.5 Å². The Balaban J connectivity index is 2.04. The van der Waals surface area contributed by atoms with Crippen LogP contribution >= 0.6 is 0 Å². The molecule has 0 fully saturated rings. The third kappa shape index (κ3) is 3.80. The molecule has 0 aromatic heterocycles. The van der Waals surface area contributed by atoms with Gasteiger partial charge < -0.3 is 4.90 Å². The number of aryl methyl sites for hydroxylation is 1. The molecule has 25 heavy (non-hydrogen) atoms. The van der Waals surface area contributed by atoms with Crippen LogP contribution in [-0.2, 0) is 4.79 Å². The van der Waals surface area contributed by atoms with Crippen LogP contribution in [0.25, 0.3) is 0 Å². The Bertz CT molecular complexity index is 787. The lowest BCUT2D eigenvalue weighted by atomic mass is 9.90. The van der Waals surface area contributed by atoms with Crippen LogP contribution in [0.2, 0.25) is 0 Å². The quantitative estimate of drug-likeness (QED) is 0.631. The van der Waals surface area contributed by atoms with Crippen LogP contribution in [0, 0.1) is 6.92 Å². The summed E-state index contributed by atoms with van der Waals surface area (Å²) in [4.78, 5) is 15.4. The highest BCUT2D eigenvalue weighted by Crippen LogP contribution is 2.29. The minimum atomic E-state index is -0.303. The van der Waals surface area contributed by atoms with E-state index in [0.717, 1.165) is 22.4 Å². The van der Waals surface area contributed by atoms with E-state index in [4.69, 9.17) is 0 Å². The van der Waals surface area contributed by atoms with Crippen molar-refractivity contribution in [2.45, 2.75) is 19.8 Å². The summed E-state index contributed by atoms with van der Waals surface area (Å²) in [6.07, 6.45) is 0. The minimum Gasteiger partial charge on any atom is -0.312 e. The first-order valence-corrected chi connectivity index (χ1v) is 8.68. The number of benzene rings is 3. The maximum Gasteiger partial charge on any atom is 0.238 e. The summed E-state index contributed by atoms with van der Waals surface area (Å²) in [7, 11) is 0. The van der Waals surface area contributed by atoms with Crippen LogP contribution in [0.4, 0.5) is 5.69 Å². The normalized spacial score (nSPS) is 10.7. The molecule has 0 atom stereocenters. The van der Waals surface area contributed by atoms with Gasteiger partial charge in [-0.1, -0.05) is 72.8 Å². The second-order valence-corrected chi connectivity index (χ2v) is 6.18. The third-order valence-electron chi connectivity index (χ3n) is 4.41. The molecule has 0 radical (unpaired) electrons. The highest BCUT2D eigenvalue weighted by molar-refractivity contribution is 6.00. The van der Waals surface area contributed by atoms with E-state index < -0.39 is 0 Å². The van der Waals surface area contributed by atoms with Crippen LogP contribution < -0.4 is 4.90 Å². The lowest BCUT2D eigenvalue weighted by Crippen LogP contribution is -2.35. The summed E-state index contributed by atoms with van der Waals surface area (Å²) < 4.78 is 0. The van der Waals surface area contributed by atoms with Crippen molar-refractivity contribution in [2.24, 2.45) is 0 Å². The maximum absolute atomic E-state index is 13.5. The van der Waals surface area contributed by atoms with Gasteiger partial charge in [0.1, 0.15) is 0 Å². The molecule has 1 amide bonds. The van der Waals surface area contributed by atoms with Gasteiger partial charge in [0.15, 0.2) is 0 Å². The van der Waals surface area contributed by atoms with Crippen molar-refractivity contribution in [3.05, 3.63) is 102 Å². The molecule has 3 rings (SSSR count). The number of anilines is 1. The van der Waals surface area contributed by atoms with Gasteiger partial charge in [0, 0.05) is 12.2 Å². The lowest BCUT2D eigenvalue weighted by molar-refractivity contribution is -0.119. The largest absolute Gasteiger partial charge is 0.312 e. The number of rotatable bonds is 5. The van der Waals surface area contributed by atoms with Crippen molar-refractivity contribution in [3.8, 4) is 0 Å². The molecule has 0 saturated heterocycles. The predicted octanol–water partition coefficient (Wildman–Crippen LogP) is 5.18. The van der Waals surface area contributed by atoms with Crippen molar-refractivity contribution in [3.63, 3.8) is 0 Å². The molecule has 0 unspecified atom stereocenters. The molecule has 0 saturated carbocycles. The average Bonchev–Trinajstić information content (AvgIpc) is 2.64. The molecule has 2 heteroatoms. The Hall–Kier alpha value is -2.87. The van der Waals surface area contributed by atoms with Crippen molar-refractivity contribution < 1.29 is 4.79 Å². The summed E-state index contributed by atoms with van der Waals surface area (Å²) in [6.45, 7) is 4.71. The molecule has 0 aliphatic heterocycles. The molecular formula is C23H23NO. The third-order valence-corrected chi connectivity index (χ3v) is 4.41. The van der Waals surface area contributed by atoms with Gasteiger partial charge in [0.25, 0.3) is 0 Å². The van der Waals surface area contributed by atoms with Crippen LogP contribution in [0.5, 0.6) is 0 Å². The van der Waals surface area contributed by atoms with E-state index in [9.17, 15) is 4.79 Å². The Morgan fingerprint density at radius 3 is 1.88 bits per heavy atom. The predicted molar refractivity (Wildman–Crippen MR) is 104 cm³/mol. The van der Waals surface area contributed by atoms with Crippen molar-refractivity contribution in [1.82, 2.24) is 0 Å². The van der Waals surface area contributed by atoms with Gasteiger partial charge in [-0.2, -0.15) is 0 Å². The van der Waals surface area contributed by atoms with Gasteiger partial charge in [-0.3, -0.25) is 4.79 Å². The van der Waals surface area contributed by atoms with Gasteiger partial charge in [-0.05, 0) is 42.7 Å². The Kier molecular flexibility index (Phi) is 5.30. The number of carbonyl (C=O) groups excluding carboxylic acids is 1. The Morgan fingerprint density at radius 2 is 1.40 bits per heavy atom. The first kappa shape index (κ1) is 17.0. The fourth-order valence-electron chi connectivity index (χ4n) is 3.19. The number of amides is 1. The fraction of sp³-hybridized carbons (Fsp3) is 0.174. The van der Waals surface area contributed by atoms with E-state index in [-0.39, 0.29) is 11.8 Å². The molecular weight excluding hydrogens is 306 g/mol. The van der Waals surface area contributed by atoms with Gasteiger partial charge >= 0.3 is 0 Å². The fourth-order valence-corrected chi connectivity index (χ4v) is 3.19. The van der Waals surface area contributed by atoms with E-state index in [0.29, 0.717) is 6.54 Å². The molecule has 0 spiro atoms. The summed E-state index contributed by atoms with van der Waals surface area (Å²) in [5.41, 5.74) is 4.14. The lowest BCUT2D eigenvalue weighted by Gasteiger charge is -2.27. The van der Waals surface area contributed by atoms with Crippen LogP contribution in [0.1, 0.15) is 29.5 Å². The minimum absolute atomic E-state index is 0.102. The Morgan fingerprint density at radius 1 is 0.840 bits per heavy atom. The molecule has 0 aliphatic rings. The first-order valence-electron chi connectivity index (χ1n) is 8.68. The second kappa shape index (κ2) is 7.80. The van der Waals surface area contributed by atoms with Crippen molar-refractivity contribution in [2.75, 3.05) is 11.4 Å². The number of hydrogen-bond donors (Lipinski definition) is 0. The Labute approximate surface area is 149 Å². The zero-order chi connectivity index (χ0) is 17.6. The molecule has 0 N–H and O–H groups in total. The van der Waals surface area contributed by atoms with Crippen molar-refractivity contribution in [1.29, 1.82) is 0 Å². The van der Waals surface area contributed by atoms with Gasteiger partial charge in [0.2, 0.25) is 5.91 Å². The highest BCUT2D eigenvalue weighted by atomic mass is 16.2. The van der Waals surface area contributed by atoms with Crippen molar-refractivity contribution >= 4 is 11.6 Å². The van der Waals surface area contributed by atoms with Crippen LogP contribution in [0.15, 0.2) is 84.9 Å². The number of hydrogen-bond acceptors (Lipinski definition) is 1. The first-order chi connectivity index (χ1) is 12.2.